The van der Waals surface area contributed by atoms with Crippen LogP contribution in [0.1, 0.15) is 48.4 Å². The largest absolute Gasteiger partial charge is 0.508 e. The lowest BCUT2D eigenvalue weighted by Gasteiger charge is -2.50. The van der Waals surface area contributed by atoms with Crippen molar-refractivity contribution in [1.29, 1.82) is 0 Å². The highest BCUT2D eigenvalue weighted by atomic mass is 19.1. The summed E-state index contributed by atoms with van der Waals surface area (Å²) >= 11 is 0. The number of carbonyl (C=O) groups is 3. The molecule has 10 heteroatoms. The van der Waals surface area contributed by atoms with E-state index in [1.807, 2.05) is 0 Å². The van der Waals surface area contributed by atoms with E-state index in [-0.39, 0.29) is 35.3 Å². The molecule has 6 rings (SSSR count). The van der Waals surface area contributed by atoms with Gasteiger partial charge in [-0.3, -0.25) is 24.2 Å². The molecule has 0 unspecified atom stereocenters. The normalized spacial score (nSPS) is 31.5. The Hall–Kier alpha value is -3.08. The van der Waals surface area contributed by atoms with Crippen LogP contribution in [0.3, 0.4) is 0 Å². The lowest BCUT2D eigenvalue weighted by Crippen LogP contribution is -2.65. The first-order valence-electron chi connectivity index (χ1n) is 12.5. The molecule has 9 nitrogen and oxygen atoms in total. The number of halogens is 1. The van der Waals surface area contributed by atoms with Gasteiger partial charge in [-0.15, -0.1) is 0 Å². The van der Waals surface area contributed by atoms with E-state index in [9.17, 15) is 34.8 Å². The minimum Gasteiger partial charge on any atom is -0.508 e. The molecule has 0 amide bonds. The summed E-state index contributed by atoms with van der Waals surface area (Å²) in [6, 6.07) is -0.762. The Kier molecular flexibility index (Phi) is 5.06. The zero-order valence-electron chi connectivity index (χ0n) is 20.8. The van der Waals surface area contributed by atoms with Crippen LogP contribution in [-0.2, 0) is 33.9 Å². The first-order valence-corrected chi connectivity index (χ1v) is 12.5. The second kappa shape index (κ2) is 7.72. The van der Waals surface area contributed by atoms with Gasteiger partial charge in [0.15, 0.2) is 17.2 Å². The molecule has 0 spiro atoms. The van der Waals surface area contributed by atoms with Crippen molar-refractivity contribution in [3.05, 3.63) is 45.0 Å². The van der Waals surface area contributed by atoms with Crippen molar-refractivity contribution < 1.29 is 39.2 Å². The maximum Gasteiger partial charge on any atom is 0.202 e. The number of aliphatic hydroxyl groups excluding tert-OH is 2. The quantitative estimate of drug-likeness (QED) is 0.446. The molecule has 1 aliphatic heterocycles. The minimum atomic E-state index is -2.63. The van der Waals surface area contributed by atoms with E-state index in [0.29, 0.717) is 30.3 Å². The summed E-state index contributed by atoms with van der Waals surface area (Å²) < 4.78 is 15.8. The molecule has 1 aromatic carbocycles. The summed E-state index contributed by atoms with van der Waals surface area (Å²) in [5.74, 6) is -6.90. The van der Waals surface area contributed by atoms with Crippen molar-refractivity contribution in [3.8, 4) is 5.75 Å². The van der Waals surface area contributed by atoms with Gasteiger partial charge in [-0.2, -0.15) is 0 Å². The lowest BCUT2D eigenvalue weighted by molar-refractivity contribution is -0.153. The second-order valence-electron chi connectivity index (χ2n) is 11.3. The average molecular weight is 513 g/mol. The summed E-state index contributed by atoms with van der Waals surface area (Å²) in [4.78, 5) is 42.9. The van der Waals surface area contributed by atoms with Crippen LogP contribution in [0.5, 0.6) is 5.75 Å². The maximum atomic E-state index is 15.8. The zero-order chi connectivity index (χ0) is 26.7. The van der Waals surface area contributed by atoms with E-state index >= 15 is 4.39 Å². The van der Waals surface area contributed by atoms with E-state index in [2.05, 4.69) is 4.90 Å². The van der Waals surface area contributed by atoms with Crippen molar-refractivity contribution >= 4 is 23.1 Å². The molecular weight excluding hydrogens is 483 g/mol. The Morgan fingerprint density at radius 1 is 1.08 bits per heavy atom. The fourth-order valence-electron chi connectivity index (χ4n) is 7.04. The van der Waals surface area contributed by atoms with E-state index < -0.39 is 63.7 Å². The Morgan fingerprint density at radius 2 is 1.73 bits per heavy atom. The van der Waals surface area contributed by atoms with Crippen molar-refractivity contribution in [1.82, 2.24) is 9.80 Å². The molecule has 4 aliphatic carbocycles. The molecule has 0 bridgehead atoms. The van der Waals surface area contributed by atoms with Crippen LogP contribution in [0.4, 0.5) is 4.39 Å². The number of hydrogen-bond donors (Lipinski definition) is 4. The smallest absolute Gasteiger partial charge is 0.202 e. The lowest BCUT2D eigenvalue weighted by atomic mass is 9.57. The van der Waals surface area contributed by atoms with Crippen molar-refractivity contribution in [2.75, 3.05) is 14.1 Å². The zero-order valence-corrected chi connectivity index (χ0v) is 20.8. The van der Waals surface area contributed by atoms with Crippen LogP contribution in [0, 0.1) is 17.7 Å². The Morgan fingerprint density at radius 3 is 2.32 bits per heavy atom. The minimum absolute atomic E-state index is 0.0263. The van der Waals surface area contributed by atoms with Crippen LogP contribution in [-0.4, -0.2) is 79.4 Å². The summed E-state index contributed by atoms with van der Waals surface area (Å²) in [7, 11) is 3.14. The van der Waals surface area contributed by atoms with E-state index in [1.165, 1.54) is 4.90 Å². The molecule has 37 heavy (non-hydrogen) atoms. The van der Waals surface area contributed by atoms with Gasteiger partial charge < -0.3 is 20.4 Å². The van der Waals surface area contributed by atoms with Gasteiger partial charge in [0, 0.05) is 47.3 Å². The highest BCUT2D eigenvalue weighted by Gasteiger charge is 2.64. The van der Waals surface area contributed by atoms with E-state index in [4.69, 9.17) is 0 Å². The summed E-state index contributed by atoms with van der Waals surface area (Å²) in [6.45, 7) is 1.76. The molecule has 2 fully saturated rings. The predicted octanol–water partition coefficient (Wildman–Crippen LogP) is 1.68. The number of Topliss-reactive ketones (excluding diaryl/α,β-unsaturated/α-hetero) is 3. The monoisotopic (exact) mass is 512 g/mol. The number of likely N-dealkylation sites (N-methyl/N-ethyl adjacent to an activating group) is 1. The molecule has 4 N–H and O–H groups in total. The highest BCUT2D eigenvalue weighted by Crippen LogP contribution is 2.54. The number of fused-ring (bicyclic) bond motifs is 4. The molecule has 1 heterocycles. The van der Waals surface area contributed by atoms with Crippen molar-refractivity contribution in [2.24, 2.45) is 11.8 Å². The molecule has 4 atom stereocenters. The van der Waals surface area contributed by atoms with Crippen LogP contribution < -0.4 is 0 Å². The van der Waals surface area contributed by atoms with Crippen LogP contribution in [0.15, 0.2) is 16.9 Å². The first-order chi connectivity index (χ1) is 17.4. The van der Waals surface area contributed by atoms with Gasteiger partial charge in [-0.05, 0) is 52.6 Å². The molecule has 0 radical (unpaired) electrons. The fraction of sp³-hybridized carbons (Fsp3) is 0.519. The molecule has 2 saturated carbocycles. The fourth-order valence-corrected chi connectivity index (χ4v) is 7.04. The van der Waals surface area contributed by atoms with Gasteiger partial charge >= 0.3 is 0 Å². The SMILES string of the molecule is CC(=O)C1=C(O)[C@@]2(O)C(=O)C3=C(O)c4c(O)c5c(c(F)c4C[C@H]3C[C@H]2[C@H](N(C)C)C1=O)CN(C1CC1)C5. The molecular formula is C27H29FN2O7. The van der Waals surface area contributed by atoms with Gasteiger partial charge in [0.25, 0.3) is 0 Å². The Bertz CT molecular complexity index is 1380. The number of ketones is 3. The van der Waals surface area contributed by atoms with Crippen LogP contribution in [0.25, 0.3) is 5.76 Å². The number of nitrogens with zero attached hydrogens (tertiary/aromatic N) is 2. The average Bonchev–Trinajstić information content (AvgIpc) is 3.57. The number of phenolic OH excluding ortho intramolecular Hbond substituents is 1. The topological polar surface area (TPSA) is 139 Å². The summed E-state index contributed by atoms with van der Waals surface area (Å²) in [5.41, 5.74) is -2.80. The van der Waals surface area contributed by atoms with Gasteiger partial charge in [0.05, 0.1) is 11.6 Å². The van der Waals surface area contributed by atoms with E-state index in [1.54, 1.807) is 14.1 Å². The Balaban J connectivity index is 1.53. The third-order valence-corrected chi connectivity index (χ3v) is 8.92. The van der Waals surface area contributed by atoms with Gasteiger partial charge in [0.1, 0.15) is 28.7 Å². The van der Waals surface area contributed by atoms with Crippen LogP contribution >= 0.6 is 0 Å². The first kappa shape index (κ1) is 24.3. The molecule has 1 aromatic rings. The summed E-state index contributed by atoms with van der Waals surface area (Å²) in [5, 5.41) is 45.1. The van der Waals surface area contributed by atoms with Gasteiger partial charge in [0.2, 0.25) is 5.78 Å². The highest BCUT2D eigenvalue weighted by molar-refractivity contribution is 6.25. The number of phenols is 1. The third kappa shape index (κ3) is 3.03. The number of aromatic hydroxyl groups is 1. The number of rotatable bonds is 3. The number of aliphatic hydroxyl groups is 3. The number of carbonyl (C=O) groups excluding carboxylic acids is 3. The van der Waals surface area contributed by atoms with E-state index in [0.717, 1.165) is 19.8 Å². The van der Waals surface area contributed by atoms with Crippen molar-refractivity contribution in [2.45, 2.75) is 63.4 Å². The summed E-state index contributed by atoms with van der Waals surface area (Å²) in [6.07, 6.45) is 1.96. The number of benzene rings is 1. The molecule has 5 aliphatic rings. The maximum absolute atomic E-state index is 15.8. The van der Waals surface area contributed by atoms with Gasteiger partial charge in [-0.1, -0.05) is 0 Å². The second-order valence-corrected chi connectivity index (χ2v) is 11.3. The Labute approximate surface area is 212 Å². The van der Waals surface area contributed by atoms with Crippen molar-refractivity contribution in [3.63, 3.8) is 0 Å². The molecule has 0 saturated heterocycles. The predicted molar refractivity (Wildman–Crippen MR) is 128 cm³/mol. The standard InChI is InChI=1S/C27H29FN2O7/c1-10(31)17-24(34)21(29(2)3)16-7-11-6-13-19(23(33)18(11)26(36)27(16,37)25(17)35)22(32)15-9-30(12-4-5-12)8-14(15)20(13)28/h11-12,16,21,32-33,35,37H,4-9H2,1-3H3/t11-,16-,21-,27+/m0/s1. The van der Waals surface area contributed by atoms with Crippen LogP contribution in [0.2, 0.25) is 0 Å². The molecule has 196 valence electrons. The third-order valence-electron chi connectivity index (χ3n) is 8.92. The molecule has 0 aromatic heterocycles. The number of hydrogen-bond acceptors (Lipinski definition) is 9. The van der Waals surface area contributed by atoms with Gasteiger partial charge in [-0.25, -0.2) is 4.39 Å².